The zero-order valence-electron chi connectivity index (χ0n) is 15.4. The number of amides is 1. The van der Waals surface area contributed by atoms with Crippen LogP contribution in [-0.4, -0.2) is 23.8 Å². The molecule has 3 aromatic rings. The first-order chi connectivity index (χ1) is 13.2. The number of thioether (sulfide) groups is 1. The Balaban J connectivity index is 1.48. The van der Waals surface area contributed by atoms with Crippen LogP contribution in [-0.2, 0) is 11.2 Å². The summed E-state index contributed by atoms with van der Waals surface area (Å²) in [4.78, 5) is 17.8. The van der Waals surface area contributed by atoms with Crippen molar-refractivity contribution in [2.24, 2.45) is 0 Å². The molecule has 1 heterocycles. The first-order valence-electron chi connectivity index (χ1n) is 8.79. The van der Waals surface area contributed by atoms with Gasteiger partial charge in [-0.3, -0.25) is 4.79 Å². The second-order valence-electron chi connectivity index (χ2n) is 5.91. The van der Waals surface area contributed by atoms with Gasteiger partial charge in [-0.05, 0) is 36.2 Å². The van der Waals surface area contributed by atoms with Gasteiger partial charge in [0.2, 0.25) is 5.91 Å². The highest BCUT2D eigenvalue weighted by molar-refractivity contribution is 7.99. The zero-order chi connectivity index (χ0) is 19.1. The quantitative estimate of drug-likeness (QED) is 0.509. The van der Waals surface area contributed by atoms with Crippen LogP contribution in [0, 0.1) is 0 Å². The number of hydrogen-bond acceptors (Lipinski definition) is 5. The summed E-state index contributed by atoms with van der Waals surface area (Å²) in [5.74, 6) is 1.54. The third kappa shape index (κ3) is 5.58. The van der Waals surface area contributed by atoms with Gasteiger partial charge in [-0.1, -0.05) is 31.2 Å². The largest absolute Gasteiger partial charge is 0.497 e. The van der Waals surface area contributed by atoms with Crippen molar-refractivity contribution in [1.82, 2.24) is 4.98 Å². The molecule has 0 radical (unpaired) electrons. The van der Waals surface area contributed by atoms with Gasteiger partial charge in [0.1, 0.15) is 5.75 Å². The van der Waals surface area contributed by atoms with Gasteiger partial charge in [0.25, 0.3) is 0 Å². The molecule has 140 valence electrons. The average Bonchev–Trinajstić information content (AvgIpc) is 3.17. The number of thiazole rings is 1. The summed E-state index contributed by atoms with van der Waals surface area (Å²) in [6.07, 6.45) is 1.46. The van der Waals surface area contributed by atoms with Crippen LogP contribution in [0.25, 0.3) is 11.3 Å². The number of nitrogens with one attached hydrogen (secondary N) is 1. The molecule has 0 aliphatic carbocycles. The molecular weight excluding hydrogens is 376 g/mol. The van der Waals surface area contributed by atoms with Crippen LogP contribution in [0.1, 0.15) is 18.9 Å². The first kappa shape index (κ1) is 19.5. The Hall–Kier alpha value is -2.31. The molecule has 27 heavy (non-hydrogen) atoms. The number of nitrogens with zero attached hydrogens (tertiary/aromatic N) is 1. The van der Waals surface area contributed by atoms with Crippen LogP contribution >= 0.6 is 23.1 Å². The van der Waals surface area contributed by atoms with Crippen LogP contribution < -0.4 is 10.1 Å². The lowest BCUT2D eigenvalue weighted by Crippen LogP contribution is -2.11. The summed E-state index contributed by atoms with van der Waals surface area (Å²) in [5.41, 5.74) is 3.27. The Kier molecular flexibility index (Phi) is 6.90. The number of aromatic nitrogens is 1. The van der Waals surface area contributed by atoms with Crippen molar-refractivity contribution < 1.29 is 9.53 Å². The molecule has 0 spiro atoms. The van der Waals surface area contributed by atoms with Gasteiger partial charge in [0.15, 0.2) is 5.13 Å². The van der Waals surface area contributed by atoms with Gasteiger partial charge >= 0.3 is 0 Å². The molecule has 0 fully saturated rings. The minimum atomic E-state index is -0.0155. The van der Waals surface area contributed by atoms with E-state index in [0.29, 0.717) is 11.6 Å². The maximum atomic E-state index is 12.2. The van der Waals surface area contributed by atoms with Crippen LogP contribution in [0.5, 0.6) is 5.75 Å². The lowest BCUT2D eigenvalue weighted by Gasteiger charge is -2.04. The second-order valence-corrected chi connectivity index (χ2v) is 7.94. The van der Waals surface area contributed by atoms with E-state index in [1.807, 2.05) is 29.6 Å². The van der Waals surface area contributed by atoms with E-state index < -0.39 is 0 Å². The fourth-order valence-corrected chi connectivity index (χ4v) is 4.08. The predicted molar refractivity (Wildman–Crippen MR) is 114 cm³/mol. The number of rotatable bonds is 8. The number of benzene rings is 2. The second kappa shape index (κ2) is 9.58. The van der Waals surface area contributed by atoms with Crippen LogP contribution in [0.3, 0.4) is 0 Å². The van der Waals surface area contributed by atoms with Crippen molar-refractivity contribution in [3.8, 4) is 17.0 Å². The number of hydrogen-bond donors (Lipinski definition) is 1. The van der Waals surface area contributed by atoms with Crippen molar-refractivity contribution in [2.75, 3.05) is 18.2 Å². The summed E-state index contributed by atoms with van der Waals surface area (Å²) in [6.45, 7) is 2.14. The lowest BCUT2D eigenvalue weighted by atomic mass is 10.1. The molecule has 3 rings (SSSR count). The van der Waals surface area contributed by atoms with Crippen molar-refractivity contribution in [1.29, 1.82) is 0 Å². The van der Waals surface area contributed by atoms with Gasteiger partial charge < -0.3 is 10.1 Å². The molecule has 0 bridgehead atoms. The van der Waals surface area contributed by atoms with E-state index in [0.717, 1.165) is 34.1 Å². The molecular formula is C21H22N2O2S2. The molecule has 1 N–H and O–H groups in total. The van der Waals surface area contributed by atoms with E-state index in [1.54, 1.807) is 18.9 Å². The Morgan fingerprint density at radius 1 is 1.15 bits per heavy atom. The molecule has 0 aliphatic rings. The molecule has 0 atom stereocenters. The molecule has 1 aromatic heterocycles. The summed E-state index contributed by atoms with van der Waals surface area (Å²) in [5, 5.41) is 5.51. The third-order valence-corrected chi connectivity index (χ3v) is 5.84. The summed E-state index contributed by atoms with van der Waals surface area (Å²) >= 11 is 3.10. The fraction of sp³-hybridized carbons (Fsp3) is 0.238. The first-order valence-corrected chi connectivity index (χ1v) is 10.7. The summed E-state index contributed by atoms with van der Waals surface area (Å²) in [7, 11) is 1.65. The van der Waals surface area contributed by atoms with Gasteiger partial charge in [-0.2, -0.15) is 0 Å². The average molecular weight is 399 g/mol. The Morgan fingerprint density at radius 3 is 2.56 bits per heavy atom. The normalized spacial score (nSPS) is 10.6. The molecule has 6 heteroatoms. The zero-order valence-corrected chi connectivity index (χ0v) is 17.0. The smallest absolute Gasteiger partial charge is 0.226 e. The van der Waals surface area contributed by atoms with E-state index in [1.165, 1.54) is 16.9 Å². The Morgan fingerprint density at radius 2 is 1.89 bits per heavy atom. The topological polar surface area (TPSA) is 51.2 Å². The number of methoxy groups -OCH3 is 1. The summed E-state index contributed by atoms with van der Waals surface area (Å²) < 4.78 is 5.14. The molecule has 0 aliphatic heterocycles. The number of ether oxygens (including phenoxy) is 1. The highest BCUT2D eigenvalue weighted by Crippen LogP contribution is 2.26. The van der Waals surface area contributed by atoms with E-state index in [9.17, 15) is 4.79 Å². The minimum absolute atomic E-state index is 0.0155. The molecule has 1 amide bonds. The van der Waals surface area contributed by atoms with E-state index >= 15 is 0 Å². The molecule has 0 saturated heterocycles. The Bertz CT molecular complexity index is 874. The lowest BCUT2D eigenvalue weighted by molar-refractivity contribution is -0.115. The number of carbonyl (C=O) groups is 1. The van der Waals surface area contributed by atoms with E-state index in [-0.39, 0.29) is 5.91 Å². The summed E-state index contributed by atoms with van der Waals surface area (Å²) in [6, 6.07) is 16.2. The maximum Gasteiger partial charge on any atom is 0.226 e. The van der Waals surface area contributed by atoms with Crippen LogP contribution in [0.4, 0.5) is 5.13 Å². The van der Waals surface area contributed by atoms with Crippen molar-refractivity contribution >= 4 is 34.1 Å². The minimum Gasteiger partial charge on any atom is -0.497 e. The molecule has 0 saturated carbocycles. The van der Waals surface area contributed by atoms with Crippen LogP contribution in [0.2, 0.25) is 0 Å². The standard InChI is InChI=1S/C21H22N2O2S2/c1-3-15-4-6-16(7-5-15)19-14-27-21(22-19)23-20(24)12-13-26-18-10-8-17(25-2)9-11-18/h4-11,14H,3,12-13H2,1-2H3,(H,22,23,24). The van der Waals surface area contributed by atoms with Crippen molar-refractivity contribution in [3.05, 3.63) is 59.5 Å². The van der Waals surface area contributed by atoms with E-state index in [2.05, 4.69) is 41.5 Å². The fourth-order valence-electron chi connectivity index (χ4n) is 2.49. The predicted octanol–water partition coefficient (Wildman–Crippen LogP) is 5.50. The highest BCUT2D eigenvalue weighted by atomic mass is 32.2. The third-order valence-electron chi connectivity index (χ3n) is 4.07. The highest BCUT2D eigenvalue weighted by Gasteiger charge is 2.08. The Labute approximate surface area is 168 Å². The monoisotopic (exact) mass is 398 g/mol. The van der Waals surface area contributed by atoms with Gasteiger partial charge in [0, 0.05) is 28.0 Å². The van der Waals surface area contributed by atoms with Crippen LogP contribution in [0.15, 0.2) is 58.8 Å². The van der Waals surface area contributed by atoms with Gasteiger partial charge in [-0.15, -0.1) is 23.1 Å². The number of anilines is 1. The van der Waals surface area contributed by atoms with Crippen molar-refractivity contribution in [3.63, 3.8) is 0 Å². The number of aryl methyl sites for hydroxylation is 1. The SMILES string of the molecule is CCc1ccc(-c2csc(NC(=O)CCSc3ccc(OC)cc3)n2)cc1. The maximum absolute atomic E-state index is 12.2. The van der Waals surface area contributed by atoms with Gasteiger partial charge in [0.05, 0.1) is 12.8 Å². The molecule has 2 aromatic carbocycles. The molecule has 0 unspecified atom stereocenters. The number of carbonyl (C=O) groups excluding carboxylic acids is 1. The van der Waals surface area contributed by atoms with Crippen molar-refractivity contribution in [2.45, 2.75) is 24.7 Å². The van der Waals surface area contributed by atoms with Gasteiger partial charge in [-0.25, -0.2) is 4.98 Å². The molecule has 4 nitrogen and oxygen atoms in total. The van der Waals surface area contributed by atoms with E-state index in [4.69, 9.17) is 4.74 Å².